The number of rotatable bonds is 6. The molecule has 0 saturated heterocycles. The molecule has 0 unspecified atom stereocenters. The Morgan fingerprint density at radius 3 is 1.74 bits per heavy atom. The smallest absolute Gasteiger partial charge is 0.298 e. The zero-order chi connectivity index (χ0) is 25.3. The highest BCUT2D eigenvalue weighted by molar-refractivity contribution is 7.86. The van der Waals surface area contributed by atoms with Crippen molar-refractivity contribution in [2.24, 2.45) is 0 Å². The van der Waals surface area contributed by atoms with Gasteiger partial charge in [-0.05, 0) is 68.1 Å². The maximum Gasteiger partial charge on any atom is 0.298 e. The Morgan fingerprint density at radius 1 is 0.765 bits per heavy atom. The van der Waals surface area contributed by atoms with E-state index in [-0.39, 0.29) is 22.7 Å². The van der Waals surface area contributed by atoms with Gasteiger partial charge in [0.25, 0.3) is 10.1 Å². The lowest BCUT2D eigenvalue weighted by molar-refractivity contribution is 0.103. The zero-order valence-corrected chi connectivity index (χ0v) is 21.1. The van der Waals surface area contributed by atoms with Crippen LogP contribution in [-0.4, -0.2) is 24.4 Å². The largest absolute Gasteiger partial charge is 0.488 e. The molecule has 180 valence electrons. The van der Waals surface area contributed by atoms with E-state index in [1.54, 1.807) is 30.3 Å². The van der Waals surface area contributed by atoms with Gasteiger partial charge in [-0.3, -0.25) is 9.35 Å². The van der Waals surface area contributed by atoms with Crippen LogP contribution in [0.2, 0.25) is 0 Å². The second-order valence-electron chi connectivity index (χ2n) is 10.1. The van der Waals surface area contributed by atoms with Crippen molar-refractivity contribution in [2.45, 2.75) is 57.5 Å². The number of benzene rings is 3. The van der Waals surface area contributed by atoms with Gasteiger partial charge in [-0.1, -0.05) is 45.0 Å². The Balaban J connectivity index is 1.82. The summed E-state index contributed by atoms with van der Waals surface area (Å²) in [4.78, 5) is 12.4. The molecule has 7 heteroatoms. The molecular formula is C27H30O6S. The first-order valence-electron chi connectivity index (χ1n) is 10.9. The summed E-state index contributed by atoms with van der Waals surface area (Å²) in [6, 6.07) is 18.1. The number of hydrogen-bond donors (Lipinski definition) is 1. The molecule has 0 atom stereocenters. The van der Waals surface area contributed by atoms with Crippen LogP contribution in [0, 0.1) is 0 Å². The number of carbonyl (C=O) groups excluding carboxylic acids is 1. The minimum atomic E-state index is -4.56. The van der Waals surface area contributed by atoms with Crippen molar-refractivity contribution in [3.8, 4) is 17.2 Å². The third-order valence-corrected chi connectivity index (χ3v) is 5.85. The number of ether oxygens (including phenoxy) is 2. The Bertz CT molecular complexity index is 1280. The molecule has 3 rings (SSSR count). The van der Waals surface area contributed by atoms with Crippen LogP contribution in [0.25, 0.3) is 0 Å². The molecule has 0 spiro atoms. The van der Waals surface area contributed by atoms with Crippen LogP contribution >= 0.6 is 0 Å². The van der Waals surface area contributed by atoms with E-state index < -0.39 is 20.6 Å². The van der Waals surface area contributed by atoms with Gasteiger partial charge in [0.05, 0.1) is 0 Å². The summed E-state index contributed by atoms with van der Waals surface area (Å²) >= 11 is 0. The molecular weight excluding hydrogens is 452 g/mol. The summed E-state index contributed by atoms with van der Waals surface area (Å²) in [6.07, 6.45) is 0. The Morgan fingerprint density at radius 2 is 1.26 bits per heavy atom. The first-order valence-corrected chi connectivity index (χ1v) is 12.3. The lowest BCUT2D eigenvalue weighted by atomic mass is 9.86. The fourth-order valence-corrected chi connectivity index (χ4v) is 3.91. The predicted molar refractivity (Wildman–Crippen MR) is 132 cm³/mol. The standard InChI is InChI=1S/C27H30O6S/c1-26(2,3)20-11-7-18(8-12-20)25(28)19-9-13-21(14-10-19)32-23-16-15-22(33-27(4,5)6)17-24(23)34(29,30)31/h7-17H,1-6H3,(H,29,30,31). The van der Waals surface area contributed by atoms with Crippen LogP contribution in [0.15, 0.2) is 71.6 Å². The fraction of sp³-hybridized carbons (Fsp3) is 0.296. The number of hydrogen-bond acceptors (Lipinski definition) is 5. The number of carbonyl (C=O) groups is 1. The second-order valence-corrected chi connectivity index (χ2v) is 11.5. The van der Waals surface area contributed by atoms with E-state index >= 15 is 0 Å². The van der Waals surface area contributed by atoms with Crippen molar-refractivity contribution in [2.75, 3.05) is 0 Å². The van der Waals surface area contributed by atoms with Gasteiger partial charge in [0.1, 0.15) is 27.7 Å². The normalized spacial score (nSPS) is 12.3. The molecule has 0 aliphatic rings. The molecule has 0 saturated carbocycles. The summed E-state index contributed by atoms with van der Waals surface area (Å²) in [7, 11) is -4.56. The maximum absolute atomic E-state index is 12.8. The van der Waals surface area contributed by atoms with Crippen molar-refractivity contribution in [1.29, 1.82) is 0 Å². The van der Waals surface area contributed by atoms with Crippen molar-refractivity contribution in [1.82, 2.24) is 0 Å². The predicted octanol–water partition coefficient (Wildman–Crippen LogP) is 6.43. The summed E-state index contributed by atoms with van der Waals surface area (Å²) in [5.41, 5.74) is 1.64. The molecule has 0 aliphatic carbocycles. The lowest BCUT2D eigenvalue weighted by Crippen LogP contribution is -2.23. The van der Waals surface area contributed by atoms with Gasteiger partial charge in [0.15, 0.2) is 5.78 Å². The van der Waals surface area contributed by atoms with E-state index in [4.69, 9.17) is 9.47 Å². The van der Waals surface area contributed by atoms with Gasteiger partial charge in [-0.2, -0.15) is 8.42 Å². The molecule has 0 heterocycles. The average molecular weight is 483 g/mol. The summed E-state index contributed by atoms with van der Waals surface area (Å²) in [5.74, 6) is 0.412. The van der Waals surface area contributed by atoms with E-state index in [1.165, 1.54) is 12.1 Å². The van der Waals surface area contributed by atoms with Gasteiger partial charge in [-0.15, -0.1) is 0 Å². The molecule has 34 heavy (non-hydrogen) atoms. The highest BCUT2D eigenvalue weighted by atomic mass is 32.2. The highest BCUT2D eigenvalue weighted by Crippen LogP contribution is 2.33. The molecule has 0 fully saturated rings. The van der Waals surface area contributed by atoms with E-state index in [0.29, 0.717) is 16.9 Å². The average Bonchev–Trinajstić information content (AvgIpc) is 2.72. The number of ketones is 1. The molecule has 0 amide bonds. The highest BCUT2D eigenvalue weighted by Gasteiger charge is 2.21. The van der Waals surface area contributed by atoms with Crippen molar-refractivity contribution in [3.05, 3.63) is 83.4 Å². The van der Waals surface area contributed by atoms with Crippen LogP contribution in [0.3, 0.4) is 0 Å². The molecule has 0 aliphatic heterocycles. The fourth-order valence-electron chi connectivity index (χ4n) is 3.28. The van der Waals surface area contributed by atoms with Crippen molar-refractivity contribution >= 4 is 15.9 Å². The van der Waals surface area contributed by atoms with Crippen LogP contribution in [0.5, 0.6) is 17.2 Å². The van der Waals surface area contributed by atoms with Crippen LogP contribution in [0.4, 0.5) is 0 Å². The van der Waals surface area contributed by atoms with Crippen LogP contribution < -0.4 is 9.47 Å². The van der Waals surface area contributed by atoms with Gasteiger partial charge < -0.3 is 9.47 Å². The molecule has 3 aromatic carbocycles. The minimum Gasteiger partial charge on any atom is -0.488 e. The molecule has 3 aromatic rings. The summed E-state index contributed by atoms with van der Waals surface area (Å²) in [5, 5.41) is 0. The lowest BCUT2D eigenvalue weighted by Gasteiger charge is -2.22. The first kappa shape index (κ1) is 25.5. The van der Waals surface area contributed by atoms with E-state index in [2.05, 4.69) is 20.8 Å². The Hall–Kier alpha value is -3.16. The first-order chi connectivity index (χ1) is 15.6. The SMILES string of the molecule is CC(C)(C)Oc1ccc(Oc2ccc(C(=O)c3ccc(C(C)(C)C)cc3)cc2)c(S(=O)(=O)O)c1. The molecule has 1 N–H and O–H groups in total. The monoisotopic (exact) mass is 482 g/mol. The minimum absolute atomic E-state index is 0.00145. The Labute approximate surface area is 201 Å². The third-order valence-electron chi connectivity index (χ3n) is 4.97. The second kappa shape index (κ2) is 9.24. The van der Waals surface area contributed by atoms with Gasteiger partial charge in [0.2, 0.25) is 0 Å². The molecule has 6 nitrogen and oxygen atoms in total. The quantitative estimate of drug-likeness (QED) is 0.322. The third kappa shape index (κ3) is 6.46. The van der Waals surface area contributed by atoms with Crippen molar-refractivity contribution < 1.29 is 27.2 Å². The molecule has 0 radical (unpaired) electrons. The van der Waals surface area contributed by atoms with E-state index in [0.717, 1.165) is 5.56 Å². The maximum atomic E-state index is 12.8. The van der Waals surface area contributed by atoms with E-state index in [1.807, 2.05) is 45.0 Å². The van der Waals surface area contributed by atoms with Gasteiger partial charge in [0, 0.05) is 17.2 Å². The zero-order valence-electron chi connectivity index (χ0n) is 20.2. The molecule has 0 bridgehead atoms. The van der Waals surface area contributed by atoms with Crippen molar-refractivity contribution in [3.63, 3.8) is 0 Å². The van der Waals surface area contributed by atoms with Crippen LogP contribution in [0.1, 0.15) is 63.0 Å². The van der Waals surface area contributed by atoms with Gasteiger partial charge >= 0.3 is 0 Å². The van der Waals surface area contributed by atoms with Gasteiger partial charge in [-0.25, -0.2) is 0 Å². The summed E-state index contributed by atoms with van der Waals surface area (Å²) < 4.78 is 44.9. The van der Waals surface area contributed by atoms with Crippen LogP contribution in [-0.2, 0) is 15.5 Å². The van der Waals surface area contributed by atoms with E-state index in [9.17, 15) is 17.8 Å². The Kier molecular flexibility index (Phi) is 6.92. The topological polar surface area (TPSA) is 89.9 Å². The summed E-state index contributed by atoms with van der Waals surface area (Å²) in [6.45, 7) is 11.8. The molecule has 0 aromatic heterocycles.